The number of ether oxygens (including phenoxy) is 16. The Morgan fingerprint density at radius 3 is 1.70 bits per heavy atom. The summed E-state index contributed by atoms with van der Waals surface area (Å²) in [5.74, 6) is -3.43. The van der Waals surface area contributed by atoms with Crippen molar-refractivity contribution in [2.45, 2.75) is 278 Å². The molecular formula is C66H98O26. The van der Waals surface area contributed by atoms with Crippen molar-refractivity contribution in [1.29, 1.82) is 0 Å². The molecule has 0 bridgehead atoms. The standard InChI is InChI=1S/C66H98O26/c1-31(68)40-22-25-66(76)64(40,8)60(88-45(70)19-18-37-16-14-13-15-17-37)58(85-36(6)69)59-63(7)23-21-39(26-38(63)20-24-65(59,66)75)86-46-27-41(77-9)53(32(2)81-46)89-47-28-42(78-10)54(33(3)82-47)90-48-29-43(79-11)55(34(4)83-48)91-62-52(74)57(80-12)56(35(5)84-62)92-61-51(73)50(72)49(71)44(30-67)87-61/h13-20,32-35,39-44,46-62,67,71-76H,21-30H2,1-12H3/b19-18+. The van der Waals surface area contributed by atoms with Gasteiger partial charge in [-0.15, -0.1) is 0 Å². The highest BCUT2D eigenvalue weighted by Gasteiger charge is 2.81. The summed E-state index contributed by atoms with van der Waals surface area (Å²) in [5.41, 5.74) is -4.59. The summed E-state index contributed by atoms with van der Waals surface area (Å²) < 4.78 is 100. The number of carbonyl (C=O) groups excluding carboxylic acids is 3. The second-order valence-electron chi connectivity index (χ2n) is 27.1. The molecule has 9 aliphatic rings. The van der Waals surface area contributed by atoms with Gasteiger partial charge in [-0.05, 0) is 90.2 Å². The SMILES string of the molecule is COC1CC(OC2CCC3(C)C(=CCC4(O)C3C(OC(C)=O)C(OC(=O)/C=C/c3ccccc3)C3(C)C(C(C)=O)CCC43O)C2)OC(C)C1OC1CC(OC)C(OC2CC(OC)C(OC3OC(C)C(OC4OC(CO)C(O)C(O)C4O)C(OC)C3O)C(C)O2)C(C)O1. The monoisotopic (exact) mass is 1310 g/mol. The maximum atomic E-state index is 13.9. The van der Waals surface area contributed by atoms with Crippen LogP contribution < -0.4 is 0 Å². The van der Waals surface area contributed by atoms with Gasteiger partial charge in [0.2, 0.25) is 0 Å². The van der Waals surface area contributed by atoms with Gasteiger partial charge in [-0.1, -0.05) is 55.8 Å². The van der Waals surface area contributed by atoms with Crippen molar-refractivity contribution in [1.82, 2.24) is 0 Å². The molecule has 26 heteroatoms. The van der Waals surface area contributed by atoms with Crippen LogP contribution in [0.15, 0.2) is 48.1 Å². The molecule has 31 unspecified atom stereocenters. The van der Waals surface area contributed by atoms with E-state index in [4.69, 9.17) is 75.8 Å². The van der Waals surface area contributed by atoms with Gasteiger partial charge in [0.05, 0.1) is 55.4 Å². The highest BCUT2D eigenvalue weighted by molar-refractivity contribution is 5.87. The van der Waals surface area contributed by atoms with Crippen LogP contribution in [0.25, 0.3) is 6.08 Å². The van der Waals surface area contributed by atoms with Gasteiger partial charge in [-0.2, -0.15) is 0 Å². The third kappa shape index (κ3) is 13.4. The van der Waals surface area contributed by atoms with Gasteiger partial charge in [0.25, 0.3) is 0 Å². The zero-order chi connectivity index (χ0) is 66.5. The van der Waals surface area contributed by atoms with Gasteiger partial charge < -0.3 is 112 Å². The average Bonchev–Trinajstić information content (AvgIpc) is 1.28. The fraction of sp³-hybridized carbons (Fsp3) is 0.803. The predicted molar refractivity (Wildman–Crippen MR) is 319 cm³/mol. The van der Waals surface area contributed by atoms with Crippen LogP contribution >= 0.6 is 0 Å². The summed E-state index contributed by atoms with van der Waals surface area (Å²) >= 11 is 0. The van der Waals surface area contributed by atoms with Crippen LogP contribution in [0.1, 0.15) is 119 Å². The van der Waals surface area contributed by atoms with Crippen LogP contribution in [-0.4, -0.2) is 253 Å². The molecule has 0 aromatic heterocycles. The highest BCUT2D eigenvalue weighted by atomic mass is 16.8. The van der Waals surface area contributed by atoms with Crippen molar-refractivity contribution in [2.75, 3.05) is 35.0 Å². The van der Waals surface area contributed by atoms with Crippen LogP contribution in [0, 0.1) is 22.7 Å². The quantitative estimate of drug-likeness (QED) is 0.0560. The van der Waals surface area contributed by atoms with Crippen molar-refractivity contribution in [3.05, 3.63) is 53.6 Å². The molecular weight excluding hydrogens is 1210 g/mol. The number of rotatable bonds is 20. The van der Waals surface area contributed by atoms with E-state index < -0.39 is 200 Å². The van der Waals surface area contributed by atoms with Gasteiger partial charge in [-0.25, -0.2) is 4.79 Å². The molecule has 5 heterocycles. The number of benzene rings is 1. The molecule has 8 fully saturated rings. The third-order valence-corrected chi connectivity index (χ3v) is 21.8. The molecule has 92 heavy (non-hydrogen) atoms. The number of methoxy groups -OCH3 is 4. The van der Waals surface area contributed by atoms with E-state index in [0.717, 1.165) is 11.1 Å². The number of hydrogen-bond donors (Lipinski definition) is 7. The Kier molecular flexibility index (Phi) is 22.4. The Hall–Kier alpha value is -3.53. The molecule has 7 N–H and O–H groups in total. The van der Waals surface area contributed by atoms with Crippen molar-refractivity contribution >= 4 is 23.8 Å². The van der Waals surface area contributed by atoms with E-state index in [1.807, 2.05) is 57.2 Å². The van der Waals surface area contributed by atoms with E-state index in [0.29, 0.717) is 25.7 Å². The van der Waals surface area contributed by atoms with Crippen molar-refractivity contribution in [2.24, 2.45) is 22.7 Å². The lowest BCUT2D eigenvalue weighted by Crippen LogP contribution is -2.80. The van der Waals surface area contributed by atoms with Crippen LogP contribution in [0.2, 0.25) is 0 Å². The van der Waals surface area contributed by atoms with E-state index in [-0.39, 0.29) is 44.0 Å². The smallest absolute Gasteiger partial charge is 0.331 e. The Morgan fingerprint density at radius 1 is 0.609 bits per heavy atom. The van der Waals surface area contributed by atoms with Gasteiger partial charge in [-0.3, -0.25) is 9.59 Å². The minimum Gasteiger partial charge on any atom is -0.458 e. The number of Topliss-reactive ketones (excluding diaryl/α,β-unsaturated/α-hetero) is 1. The van der Waals surface area contributed by atoms with E-state index in [1.165, 1.54) is 34.1 Å². The summed E-state index contributed by atoms with van der Waals surface area (Å²) in [7, 11) is 6.07. The Balaban J connectivity index is 0.747. The van der Waals surface area contributed by atoms with Gasteiger partial charge in [0, 0.05) is 78.0 Å². The number of ketones is 1. The number of fused-ring (bicyclic) bond motifs is 5. The van der Waals surface area contributed by atoms with Crippen molar-refractivity contribution in [3.8, 4) is 0 Å². The number of aliphatic hydroxyl groups excluding tert-OH is 5. The molecule has 10 rings (SSSR count). The Morgan fingerprint density at radius 2 is 1.15 bits per heavy atom. The molecule has 5 saturated heterocycles. The summed E-state index contributed by atoms with van der Waals surface area (Å²) in [6, 6.07) is 9.19. The van der Waals surface area contributed by atoms with Crippen LogP contribution in [0.4, 0.5) is 0 Å². The first-order valence-corrected chi connectivity index (χ1v) is 32.4. The zero-order valence-corrected chi connectivity index (χ0v) is 54.7. The number of aliphatic hydroxyl groups is 7. The Labute approximate surface area is 537 Å². The molecule has 31 atom stereocenters. The normalized spacial score (nSPS) is 48.0. The summed E-state index contributed by atoms with van der Waals surface area (Å²) in [6.45, 7) is 12.9. The molecule has 26 nitrogen and oxygen atoms in total. The third-order valence-electron chi connectivity index (χ3n) is 21.8. The molecule has 5 aliphatic heterocycles. The molecule has 518 valence electrons. The minimum absolute atomic E-state index is 0.0148. The van der Waals surface area contributed by atoms with Gasteiger partial charge >= 0.3 is 11.9 Å². The van der Waals surface area contributed by atoms with E-state index in [2.05, 4.69) is 0 Å². The van der Waals surface area contributed by atoms with E-state index >= 15 is 0 Å². The van der Waals surface area contributed by atoms with Crippen LogP contribution in [0.5, 0.6) is 0 Å². The molecule has 0 radical (unpaired) electrons. The van der Waals surface area contributed by atoms with Crippen molar-refractivity contribution < 1.29 is 126 Å². The Bertz CT molecular complexity index is 2740. The van der Waals surface area contributed by atoms with Gasteiger partial charge in [0.1, 0.15) is 90.2 Å². The minimum atomic E-state index is -1.93. The fourth-order valence-electron chi connectivity index (χ4n) is 17.0. The van der Waals surface area contributed by atoms with E-state index in [9.17, 15) is 50.1 Å². The first-order valence-electron chi connectivity index (χ1n) is 32.4. The van der Waals surface area contributed by atoms with Gasteiger partial charge in [0.15, 0.2) is 31.5 Å². The molecule has 3 saturated carbocycles. The first kappa shape index (κ1) is 71.2. The summed E-state index contributed by atoms with van der Waals surface area (Å²) in [4.78, 5) is 40.7. The second-order valence-corrected chi connectivity index (χ2v) is 27.1. The average molecular weight is 1310 g/mol. The summed E-state index contributed by atoms with van der Waals surface area (Å²) in [5, 5.41) is 79.1. The van der Waals surface area contributed by atoms with Crippen LogP contribution in [0.3, 0.4) is 0 Å². The second kappa shape index (κ2) is 28.9. The topological polar surface area (TPSA) is 340 Å². The first-order chi connectivity index (χ1) is 43.7. The number of hydrogen-bond acceptors (Lipinski definition) is 26. The lowest BCUT2D eigenvalue weighted by molar-refractivity contribution is -0.374. The number of esters is 2. The molecule has 4 aliphatic carbocycles. The highest BCUT2D eigenvalue weighted by Crippen LogP contribution is 2.70. The number of carbonyl (C=O) groups is 3. The van der Waals surface area contributed by atoms with Crippen molar-refractivity contribution in [3.63, 3.8) is 0 Å². The largest absolute Gasteiger partial charge is 0.458 e. The maximum absolute atomic E-state index is 13.9. The summed E-state index contributed by atoms with van der Waals surface area (Å²) in [6.07, 6.45) is -16.7. The molecule has 1 aromatic rings. The zero-order valence-electron chi connectivity index (χ0n) is 54.7. The lowest BCUT2D eigenvalue weighted by atomic mass is 9.42. The molecule has 1 aromatic carbocycles. The van der Waals surface area contributed by atoms with E-state index in [1.54, 1.807) is 41.1 Å². The molecule has 0 amide bonds. The maximum Gasteiger partial charge on any atom is 0.331 e. The lowest BCUT2D eigenvalue weighted by Gasteiger charge is -2.68. The fourth-order valence-corrected chi connectivity index (χ4v) is 17.0. The predicted octanol–water partition coefficient (Wildman–Crippen LogP) is 2.46. The molecule has 0 spiro atoms. The van der Waals surface area contributed by atoms with Crippen LogP contribution in [-0.2, 0) is 90.2 Å².